The molecule has 0 unspecified atom stereocenters. The molecule has 0 radical (unpaired) electrons. The van der Waals surface area contributed by atoms with Crippen molar-refractivity contribution in [3.8, 4) is 11.4 Å². The van der Waals surface area contributed by atoms with Crippen LogP contribution in [0, 0.1) is 20.8 Å². The third-order valence-corrected chi connectivity index (χ3v) is 4.95. The van der Waals surface area contributed by atoms with E-state index in [1.165, 1.54) is 11.8 Å². The number of thioether (sulfide) groups is 1. The van der Waals surface area contributed by atoms with Gasteiger partial charge in [-0.2, -0.15) is 0 Å². The second-order valence-corrected chi connectivity index (χ2v) is 6.85. The molecule has 0 saturated carbocycles. The number of rotatable bonds is 5. The lowest BCUT2D eigenvalue weighted by molar-refractivity contribution is -0.113. The first kappa shape index (κ1) is 17.3. The van der Waals surface area contributed by atoms with Crippen LogP contribution in [0.3, 0.4) is 0 Å². The number of hydrogen-bond donors (Lipinski definition) is 1. The van der Waals surface area contributed by atoms with E-state index in [9.17, 15) is 4.79 Å². The summed E-state index contributed by atoms with van der Waals surface area (Å²) in [5.41, 5.74) is 3.90. The molecule has 130 valence electrons. The molecule has 0 aliphatic rings. The molecule has 6 nitrogen and oxygen atoms in total. The molecule has 3 rings (SSSR count). The largest absolute Gasteiger partial charge is 0.469 e. The highest BCUT2D eigenvalue weighted by molar-refractivity contribution is 7.99. The number of benzene rings is 1. The number of aromatic nitrogens is 3. The van der Waals surface area contributed by atoms with Crippen LogP contribution in [0.4, 0.5) is 5.69 Å². The van der Waals surface area contributed by atoms with Crippen molar-refractivity contribution in [2.45, 2.75) is 25.9 Å². The number of nitrogens with zero attached hydrogens (tertiary/aromatic N) is 3. The summed E-state index contributed by atoms with van der Waals surface area (Å²) >= 11 is 1.36. The van der Waals surface area contributed by atoms with Crippen LogP contribution in [0.2, 0.25) is 0 Å². The summed E-state index contributed by atoms with van der Waals surface area (Å²) < 4.78 is 7.19. The molecule has 1 N–H and O–H groups in total. The van der Waals surface area contributed by atoms with Gasteiger partial charge in [0.2, 0.25) is 5.91 Å². The number of hydrogen-bond acceptors (Lipinski definition) is 5. The Balaban J connectivity index is 1.66. The molecule has 0 atom stereocenters. The van der Waals surface area contributed by atoms with Crippen molar-refractivity contribution in [1.82, 2.24) is 14.8 Å². The van der Waals surface area contributed by atoms with Gasteiger partial charge < -0.3 is 14.3 Å². The maximum absolute atomic E-state index is 12.2. The number of carbonyl (C=O) groups is 1. The Kier molecular flexibility index (Phi) is 4.94. The topological polar surface area (TPSA) is 73.0 Å². The number of carbonyl (C=O) groups excluding carboxylic acids is 1. The van der Waals surface area contributed by atoms with Crippen molar-refractivity contribution in [3.05, 3.63) is 47.4 Å². The third kappa shape index (κ3) is 3.76. The fourth-order valence-corrected chi connectivity index (χ4v) is 3.19. The number of anilines is 1. The van der Waals surface area contributed by atoms with E-state index in [1.807, 2.05) is 56.7 Å². The van der Waals surface area contributed by atoms with Crippen molar-refractivity contribution < 1.29 is 9.21 Å². The lowest BCUT2D eigenvalue weighted by Gasteiger charge is -2.09. The Morgan fingerprint density at radius 3 is 2.76 bits per heavy atom. The minimum absolute atomic E-state index is 0.0669. The molecule has 0 saturated heterocycles. The van der Waals surface area contributed by atoms with Crippen LogP contribution >= 0.6 is 11.8 Å². The van der Waals surface area contributed by atoms with Gasteiger partial charge in [-0.25, -0.2) is 0 Å². The first-order chi connectivity index (χ1) is 12.0. The number of aryl methyl sites for hydroxylation is 3. The van der Waals surface area contributed by atoms with Crippen molar-refractivity contribution in [2.75, 3.05) is 11.1 Å². The Labute approximate surface area is 150 Å². The van der Waals surface area contributed by atoms with Crippen molar-refractivity contribution >= 4 is 23.4 Å². The average Bonchev–Trinajstić information content (AvgIpc) is 3.14. The van der Waals surface area contributed by atoms with E-state index in [1.54, 1.807) is 6.26 Å². The van der Waals surface area contributed by atoms with Gasteiger partial charge >= 0.3 is 0 Å². The molecule has 2 heterocycles. The molecule has 0 spiro atoms. The number of nitrogens with one attached hydrogen (secondary N) is 1. The number of amides is 1. The summed E-state index contributed by atoms with van der Waals surface area (Å²) in [6.45, 7) is 5.86. The minimum Gasteiger partial charge on any atom is -0.469 e. The zero-order valence-corrected chi connectivity index (χ0v) is 15.5. The van der Waals surface area contributed by atoms with Crippen LogP contribution in [0.25, 0.3) is 11.4 Å². The molecule has 25 heavy (non-hydrogen) atoms. The maximum atomic E-state index is 12.2. The van der Waals surface area contributed by atoms with Crippen molar-refractivity contribution in [1.29, 1.82) is 0 Å². The normalized spacial score (nSPS) is 10.9. The van der Waals surface area contributed by atoms with Gasteiger partial charge in [0.15, 0.2) is 11.0 Å². The molecule has 0 fully saturated rings. The summed E-state index contributed by atoms with van der Waals surface area (Å²) in [6.07, 6.45) is 1.63. The van der Waals surface area contributed by atoms with Crippen LogP contribution in [0.15, 0.2) is 40.1 Å². The molecule has 0 aliphatic carbocycles. The minimum atomic E-state index is -0.0669. The number of furan rings is 1. The van der Waals surface area contributed by atoms with Gasteiger partial charge in [0.25, 0.3) is 0 Å². The van der Waals surface area contributed by atoms with Gasteiger partial charge in [-0.15, -0.1) is 10.2 Å². The fourth-order valence-electron chi connectivity index (χ4n) is 2.48. The highest BCUT2D eigenvalue weighted by Crippen LogP contribution is 2.26. The van der Waals surface area contributed by atoms with E-state index in [2.05, 4.69) is 15.5 Å². The molecular weight excluding hydrogens is 336 g/mol. The van der Waals surface area contributed by atoms with Crippen LogP contribution in [0.5, 0.6) is 0 Å². The molecule has 1 aromatic carbocycles. The predicted octanol–water partition coefficient (Wildman–Crippen LogP) is 3.73. The Hall–Kier alpha value is -2.54. The van der Waals surface area contributed by atoms with E-state index in [-0.39, 0.29) is 11.7 Å². The predicted molar refractivity (Wildman–Crippen MR) is 98.7 cm³/mol. The SMILES string of the molecule is Cc1ccc(C)c(NC(=O)CSc2nnc(-c3ccoc3C)n2C)c1. The van der Waals surface area contributed by atoms with Gasteiger partial charge in [0.05, 0.1) is 17.6 Å². The zero-order valence-electron chi connectivity index (χ0n) is 14.7. The molecule has 0 bridgehead atoms. The first-order valence-electron chi connectivity index (χ1n) is 7.89. The highest BCUT2D eigenvalue weighted by Gasteiger charge is 2.16. The van der Waals surface area contributed by atoms with E-state index in [0.717, 1.165) is 34.0 Å². The lowest BCUT2D eigenvalue weighted by Crippen LogP contribution is -2.15. The monoisotopic (exact) mass is 356 g/mol. The summed E-state index contributed by atoms with van der Waals surface area (Å²) in [6, 6.07) is 7.86. The van der Waals surface area contributed by atoms with Crippen LogP contribution in [-0.2, 0) is 11.8 Å². The average molecular weight is 356 g/mol. The Morgan fingerprint density at radius 1 is 1.24 bits per heavy atom. The molecule has 2 aromatic heterocycles. The summed E-state index contributed by atoms with van der Waals surface area (Å²) in [5, 5.41) is 12.0. The molecule has 0 aliphatic heterocycles. The van der Waals surface area contributed by atoms with Gasteiger partial charge in [-0.3, -0.25) is 4.79 Å². The Morgan fingerprint density at radius 2 is 2.04 bits per heavy atom. The molecule has 1 amide bonds. The first-order valence-corrected chi connectivity index (χ1v) is 8.88. The summed E-state index contributed by atoms with van der Waals surface area (Å²) in [7, 11) is 1.88. The van der Waals surface area contributed by atoms with E-state index >= 15 is 0 Å². The molecule has 7 heteroatoms. The lowest BCUT2D eigenvalue weighted by atomic mass is 10.1. The summed E-state index contributed by atoms with van der Waals surface area (Å²) in [5.74, 6) is 1.72. The van der Waals surface area contributed by atoms with Gasteiger partial charge in [0.1, 0.15) is 5.76 Å². The standard InChI is InChI=1S/C18H20N4O2S/c1-11-5-6-12(2)15(9-11)19-16(23)10-25-18-21-20-17(22(18)4)14-7-8-24-13(14)3/h5-9H,10H2,1-4H3,(H,19,23). The quantitative estimate of drug-likeness (QED) is 0.705. The van der Waals surface area contributed by atoms with Crippen molar-refractivity contribution in [2.24, 2.45) is 7.05 Å². The van der Waals surface area contributed by atoms with Crippen molar-refractivity contribution in [3.63, 3.8) is 0 Å². The Bertz CT molecular complexity index is 914. The van der Waals surface area contributed by atoms with Crippen LogP contribution in [0.1, 0.15) is 16.9 Å². The zero-order chi connectivity index (χ0) is 18.0. The smallest absolute Gasteiger partial charge is 0.234 e. The van der Waals surface area contributed by atoms with Crippen LogP contribution in [-0.4, -0.2) is 26.4 Å². The fraction of sp³-hybridized carbons (Fsp3) is 0.278. The van der Waals surface area contributed by atoms with Crippen LogP contribution < -0.4 is 5.32 Å². The second kappa shape index (κ2) is 7.14. The van der Waals surface area contributed by atoms with E-state index in [4.69, 9.17) is 4.42 Å². The molecular formula is C18H20N4O2S. The van der Waals surface area contributed by atoms with E-state index < -0.39 is 0 Å². The van der Waals surface area contributed by atoms with E-state index in [0.29, 0.717) is 5.16 Å². The van der Waals surface area contributed by atoms with Gasteiger partial charge in [-0.1, -0.05) is 23.9 Å². The van der Waals surface area contributed by atoms with Gasteiger partial charge in [0, 0.05) is 12.7 Å². The van der Waals surface area contributed by atoms with Gasteiger partial charge in [-0.05, 0) is 44.0 Å². The third-order valence-electron chi connectivity index (χ3n) is 3.93. The highest BCUT2D eigenvalue weighted by atomic mass is 32.2. The second-order valence-electron chi connectivity index (χ2n) is 5.91. The molecule has 3 aromatic rings. The maximum Gasteiger partial charge on any atom is 0.234 e. The summed E-state index contributed by atoms with van der Waals surface area (Å²) in [4.78, 5) is 12.2.